The Morgan fingerprint density at radius 1 is 1.36 bits per heavy atom. The number of aldehydes is 1. The molecular weight excluding hydrogens is 136 g/mol. The van der Waals surface area contributed by atoms with E-state index in [4.69, 9.17) is 0 Å². The molecule has 0 amide bonds. The molecule has 64 valence electrons. The molecule has 0 bridgehead atoms. The molecule has 0 aromatic carbocycles. The maximum Gasteiger partial charge on any atom is 0.120 e. The largest absolute Gasteiger partial charge is 0.303 e. The molecule has 0 atom stereocenters. The van der Waals surface area contributed by atoms with E-state index >= 15 is 0 Å². The van der Waals surface area contributed by atoms with E-state index in [1.165, 1.54) is 32.1 Å². The summed E-state index contributed by atoms with van der Waals surface area (Å²) in [5.41, 5.74) is 0. The van der Waals surface area contributed by atoms with Gasteiger partial charge < -0.3 is 4.79 Å². The molecule has 0 unspecified atom stereocenters. The van der Waals surface area contributed by atoms with Crippen molar-refractivity contribution in [2.24, 2.45) is 11.8 Å². The van der Waals surface area contributed by atoms with Gasteiger partial charge in [0, 0.05) is 6.42 Å². The molecule has 11 heavy (non-hydrogen) atoms. The topological polar surface area (TPSA) is 17.1 Å². The van der Waals surface area contributed by atoms with Crippen molar-refractivity contribution in [3.8, 4) is 0 Å². The van der Waals surface area contributed by atoms with Gasteiger partial charge in [-0.05, 0) is 24.7 Å². The third-order valence-corrected chi connectivity index (χ3v) is 2.73. The summed E-state index contributed by atoms with van der Waals surface area (Å²) >= 11 is 0. The van der Waals surface area contributed by atoms with E-state index in [2.05, 4.69) is 6.92 Å². The highest BCUT2D eigenvalue weighted by atomic mass is 16.1. The van der Waals surface area contributed by atoms with E-state index in [0.29, 0.717) is 0 Å². The summed E-state index contributed by atoms with van der Waals surface area (Å²) in [6.45, 7) is 2.24. The Morgan fingerprint density at radius 3 is 2.64 bits per heavy atom. The summed E-state index contributed by atoms with van der Waals surface area (Å²) in [5, 5.41) is 0. The van der Waals surface area contributed by atoms with Gasteiger partial charge in [-0.2, -0.15) is 0 Å². The van der Waals surface area contributed by atoms with Crippen molar-refractivity contribution in [2.45, 2.75) is 45.4 Å². The van der Waals surface area contributed by atoms with Crippen LogP contribution in [0.25, 0.3) is 0 Å². The van der Waals surface area contributed by atoms with Crippen LogP contribution in [-0.2, 0) is 4.79 Å². The molecule has 0 N–H and O–H groups in total. The molecular formula is C10H18O. The van der Waals surface area contributed by atoms with Crippen molar-refractivity contribution < 1.29 is 4.79 Å². The third-order valence-electron chi connectivity index (χ3n) is 2.73. The average molecular weight is 154 g/mol. The van der Waals surface area contributed by atoms with Gasteiger partial charge in [0.1, 0.15) is 6.29 Å². The fourth-order valence-corrected chi connectivity index (χ4v) is 1.93. The number of unbranched alkanes of at least 4 members (excludes halogenated alkanes) is 1. The summed E-state index contributed by atoms with van der Waals surface area (Å²) in [5.74, 6) is 1.70. The second-order valence-corrected chi connectivity index (χ2v) is 3.75. The Morgan fingerprint density at radius 2 is 2.09 bits per heavy atom. The Labute approximate surface area is 69.2 Å². The van der Waals surface area contributed by atoms with Gasteiger partial charge in [0.15, 0.2) is 0 Å². The molecule has 0 radical (unpaired) electrons. The van der Waals surface area contributed by atoms with Gasteiger partial charge in [0.25, 0.3) is 0 Å². The molecule has 1 fully saturated rings. The normalized spacial score (nSPS) is 29.5. The minimum absolute atomic E-state index is 0.745. The highest BCUT2D eigenvalue weighted by Crippen LogP contribution is 2.38. The Balaban J connectivity index is 1.95. The molecule has 0 aliphatic heterocycles. The van der Waals surface area contributed by atoms with Gasteiger partial charge >= 0.3 is 0 Å². The molecule has 0 heterocycles. The van der Waals surface area contributed by atoms with Crippen LogP contribution in [0.1, 0.15) is 45.4 Å². The van der Waals surface area contributed by atoms with Gasteiger partial charge in [-0.1, -0.05) is 26.2 Å². The minimum Gasteiger partial charge on any atom is -0.303 e. The molecule has 1 rings (SSSR count). The molecule has 1 nitrogen and oxygen atoms in total. The molecule has 1 saturated carbocycles. The van der Waals surface area contributed by atoms with E-state index in [-0.39, 0.29) is 0 Å². The zero-order valence-corrected chi connectivity index (χ0v) is 7.38. The number of hydrogen-bond acceptors (Lipinski definition) is 1. The van der Waals surface area contributed by atoms with Crippen molar-refractivity contribution in [1.82, 2.24) is 0 Å². The van der Waals surface area contributed by atoms with Crippen molar-refractivity contribution in [1.29, 1.82) is 0 Å². The first-order valence-electron chi connectivity index (χ1n) is 4.80. The molecule has 0 aromatic heterocycles. The van der Waals surface area contributed by atoms with Crippen molar-refractivity contribution >= 4 is 6.29 Å². The quantitative estimate of drug-likeness (QED) is 0.556. The predicted molar refractivity (Wildman–Crippen MR) is 46.4 cm³/mol. The lowest BCUT2D eigenvalue weighted by atomic mass is 9.71. The highest BCUT2D eigenvalue weighted by Gasteiger charge is 2.27. The van der Waals surface area contributed by atoms with Crippen LogP contribution >= 0.6 is 0 Å². The SMILES string of the molecule is CCCCC1CC(CC=O)C1. The second-order valence-electron chi connectivity index (χ2n) is 3.75. The van der Waals surface area contributed by atoms with Crippen LogP contribution in [0, 0.1) is 11.8 Å². The van der Waals surface area contributed by atoms with E-state index in [0.717, 1.165) is 24.5 Å². The molecule has 1 heteroatoms. The smallest absolute Gasteiger partial charge is 0.120 e. The second kappa shape index (κ2) is 4.53. The predicted octanol–water partition coefficient (Wildman–Crippen LogP) is 2.79. The van der Waals surface area contributed by atoms with E-state index in [1.54, 1.807) is 0 Å². The first kappa shape index (κ1) is 8.76. The first-order valence-corrected chi connectivity index (χ1v) is 4.80. The number of rotatable bonds is 5. The zero-order chi connectivity index (χ0) is 8.10. The summed E-state index contributed by atoms with van der Waals surface area (Å²) in [6, 6.07) is 0. The Hall–Kier alpha value is -0.330. The highest BCUT2D eigenvalue weighted by molar-refractivity contribution is 5.49. The lowest BCUT2D eigenvalue weighted by Crippen LogP contribution is -2.23. The van der Waals surface area contributed by atoms with Gasteiger partial charge in [-0.15, -0.1) is 0 Å². The van der Waals surface area contributed by atoms with Crippen LogP contribution in [0.4, 0.5) is 0 Å². The molecule has 1 aliphatic rings. The Bertz CT molecular complexity index is 114. The standard InChI is InChI=1S/C10H18O/c1-2-3-4-9-7-10(8-9)5-6-11/h6,9-10H,2-5,7-8H2,1H3. The number of hydrogen-bond donors (Lipinski definition) is 0. The molecule has 0 saturated heterocycles. The lowest BCUT2D eigenvalue weighted by molar-refractivity contribution is -0.109. The maximum absolute atomic E-state index is 10.1. The van der Waals surface area contributed by atoms with Crippen LogP contribution < -0.4 is 0 Å². The van der Waals surface area contributed by atoms with Crippen LogP contribution in [0.2, 0.25) is 0 Å². The fourth-order valence-electron chi connectivity index (χ4n) is 1.93. The average Bonchev–Trinajstić information content (AvgIpc) is 1.94. The van der Waals surface area contributed by atoms with E-state index in [1.807, 2.05) is 0 Å². The summed E-state index contributed by atoms with van der Waals surface area (Å²) in [6.07, 6.45) is 8.60. The summed E-state index contributed by atoms with van der Waals surface area (Å²) in [4.78, 5) is 10.1. The monoisotopic (exact) mass is 154 g/mol. The molecule has 0 aromatic rings. The first-order chi connectivity index (χ1) is 5.36. The third kappa shape index (κ3) is 2.64. The van der Waals surface area contributed by atoms with Gasteiger partial charge in [0.05, 0.1) is 0 Å². The number of carbonyl (C=O) groups excluding carboxylic acids is 1. The zero-order valence-electron chi connectivity index (χ0n) is 7.38. The van der Waals surface area contributed by atoms with E-state index in [9.17, 15) is 4.79 Å². The van der Waals surface area contributed by atoms with Gasteiger partial charge in [0.2, 0.25) is 0 Å². The summed E-state index contributed by atoms with van der Waals surface area (Å²) in [7, 11) is 0. The van der Waals surface area contributed by atoms with Crippen LogP contribution in [0.5, 0.6) is 0 Å². The van der Waals surface area contributed by atoms with Crippen LogP contribution in [0.3, 0.4) is 0 Å². The lowest BCUT2D eigenvalue weighted by Gasteiger charge is -2.34. The molecule has 1 aliphatic carbocycles. The van der Waals surface area contributed by atoms with Crippen molar-refractivity contribution in [2.75, 3.05) is 0 Å². The summed E-state index contributed by atoms with van der Waals surface area (Å²) < 4.78 is 0. The molecule has 0 spiro atoms. The maximum atomic E-state index is 10.1. The fraction of sp³-hybridized carbons (Fsp3) is 0.900. The van der Waals surface area contributed by atoms with Crippen LogP contribution in [-0.4, -0.2) is 6.29 Å². The minimum atomic E-state index is 0.745. The van der Waals surface area contributed by atoms with Crippen molar-refractivity contribution in [3.63, 3.8) is 0 Å². The van der Waals surface area contributed by atoms with Crippen LogP contribution in [0.15, 0.2) is 0 Å². The van der Waals surface area contributed by atoms with Crippen molar-refractivity contribution in [3.05, 3.63) is 0 Å². The Kier molecular flexibility index (Phi) is 3.61. The van der Waals surface area contributed by atoms with Gasteiger partial charge in [-0.3, -0.25) is 0 Å². The van der Waals surface area contributed by atoms with E-state index < -0.39 is 0 Å². The number of carbonyl (C=O) groups is 1. The van der Waals surface area contributed by atoms with Gasteiger partial charge in [-0.25, -0.2) is 0 Å².